The van der Waals surface area contributed by atoms with E-state index < -0.39 is 0 Å². The van der Waals surface area contributed by atoms with Crippen LogP contribution in [0.2, 0.25) is 5.15 Å². The Morgan fingerprint density at radius 1 is 1.62 bits per heavy atom. The summed E-state index contributed by atoms with van der Waals surface area (Å²) in [6, 6.07) is 1.49. The Morgan fingerprint density at radius 2 is 2.31 bits per heavy atom. The number of nitrogens with one attached hydrogen (secondary N) is 1. The number of rotatable bonds is 2. The summed E-state index contributed by atoms with van der Waals surface area (Å²) >= 11 is 5.73. The molecule has 1 saturated carbocycles. The predicted molar refractivity (Wildman–Crippen MR) is 63.4 cm³/mol. The minimum Gasteiger partial charge on any atom is -0.397 e. The molecule has 1 aromatic heterocycles. The number of amides is 1. The van der Waals surface area contributed by atoms with Crippen LogP contribution in [0.3, 0.4) is 0 Å². The largest absolute Gasteiger partial charge is 0.397 e. The van der Waals surface area contributed by atoms with Gasteiger partial charge in [0.05, 0.1) is 17.4 Å². The van der Waals surface area contributed by atoms with E-state index in [0.717, 1.165) is 19.3 Å². The van der Waals surface area contributed by atoms with Gasteiger partial charge in [0.1, 0.15) is 5.15 Å². The van der Waals surface area contributed by atoms with Crippen molar-refractivity contribution in [1.82, 2.24) is 10.3 Å². The van der Waals surface area contributed by atoms with Gasteiger partial charge in [0.25, 0.3) is 5.91 Å². The van der Waals surface area contributed by atoms with Crippen molar-refractivity contribution < 1.29 is 4.79 Å². The van der Waals surface area contributed by atoms with Crippen molar-refractivity contribution in [3.63, 3.8) is 0 Å². The molecule has 3 N–H and O–H groups in total. The summed E-state index contributed by atoms with van der Waals surface area (Å²) in [7, 11) is 0. The lowest BCUT2D eigenvalue weighted by Gasteiger charge is -2.39. The standard InChI is InChI=1S/C11H14ClN3O/c1-11(3-2-4-11)15-10(16)7-5-9(12)14-6-8(7)13/h5-6H,2-4,13H2,1H3,(H,15,16). The van der Waals surface area contributed by atoms with Crippen molar-refractivity contribution in [3.05, 3.63) is 23.0 Å². The zero-order valence-electron chi connectivity index (χ0n) is 9.09. The summed E-state index contributed by atoms with van der Waals surface area (Å²) in [4.78, 5) is 15.8. The average molecular weight is 240 g/mol. The van der Waals surface area contributed by atoms with Gasteiger partial charge in [-0.2, -0.15) is 0 Å². The van der Waals surface area contributed by atoms with Crippen molar-refractivity contribution in [2.75, 3.05) is 5.73 Å². The molecule has 4 nitrogen and oxygen atoms in total. The molecule has 1 amide bonds. The molecule has 0 spiro atoms. The Morgan fingerprint density at radius 3 is 2.88 bits per heavy atom. The lowest BCUT2D eigenvalue weighted by molar-refractivity contribution is 0.0851. The number of carbonyl (C=O) groups is 1. The maximum Gasteiger partial charge on any atom is 0.253 e. The molecule has 1 aromatic rings. The van der Waals surface area contributed by atoms with E-state index in [9.17, 15) is 4.79 Å². The summed E-state index contributed by atoms with van der Waals surface area (Å²) < 4.78 is 0. The maximum atomic E-state index is 11.9. The number of anilines is 1. The van der Waals surface area contributed by atoms with Gasteiger partial charge in [0.15, 0.2) is 0 Å². The SMILES string of the molecule is CC1(NC(=O)c2cc(Cl)ncc2N)CCC1. The number of carbonyl (C=O) groups excluding carboxylic acids is 1. The van der Waals surface area contributed by atoms with E-state index in [-0.39, 0.29) is 16.6 Å². The van der Waals surface area contributed by atoms with Gasteiger partial charge < -0.3 is 11.1 Å². The van der Waals surface area contributed by atoms with Gasteiger partial charge in [-0.3, -0.25) is 4.79 Å². The number of hydrogen-bond donors (Lipinski definition) is 2. The van der Waals surface area contributed by atoms with E-state index in [1.807, 2.05) is 6.92 Å². The summed E-state index contributed by atoms with van der Waals surface area (Å²) in [5, 5.41) is 3.25. The third-order valence-corrected chi connectivity index (χ3v) is 3.23. The van der Waals surface area contributed by atoms with Gasteiger partial charge in [0, 0.05) is 5.54 Å². The molecule has 0 saturated heterocycles. The van der Waals surface area contributed by atoms with Crippen LogP contribution in [-0.4, -0.2) is 16.4 Å². The summed E-state index contributed by atoms with van der Waals surface area (Å²) in [6.45, 7) is 2.04. The summed E-state index contributed by atoms with van der Waals surface area (Å²) in [5.41, 5.74) is 6.35. The van der Waals surface area contributed by atoms with Gasteiger partial charge >= 0.3 is 0 Å². The highest BCUT2D eigenvalue weighted by molar-refractivity contribution is 6.29. The van der Waals surface area contributed by atoms with E-state index in [2.05, 4.69) is 10.3 Å². The zero-order chi connectivity index (χ0) is 11.8. The van der Waals surface area contributed by atoms with E-state index in [0.29, 0.717) is 11.3 Å². The first-order valence-electron chi connectivity index (χ1n) is 5.24. The minimum atomic E-state index is -0.177. The number of nitrogen functional groups attached to an aromatic ring is 1. The van der Waals surface area contributed by atoms with Crippen LogP contribution in [0, 0.1) is 0 Å². The highest BCUT2D eigenvalue weighted by Gasteiger charge is 2.33. The first-order chi connectivity index (χ1) is 7.50. The Labute approximate surface area is 99.2 Å². The fourth-order valence-electron chi connectivity index (χ4n) is 1.81. The Hall–Kier alpha value is -1.29. The Bertz CT molecular complexity index is 429. The lowest BCUT2D eigenvalue weighted by atomic mass is 9.78. The van der Waals surface area contributed by atoms with Gasteiger partial charge in [-0.15, -0.1) is 0 Å². The first-order valence-corrected chi connectivity index (χ1v) is 5.61. The fourth-order valence-corrected chi connectivity index (χ4v) is 1.97. The van der Waals surface area contributed by atoms with E-state index >= 15 is 0 Å². The van der Waals surface area contributed by atoms with Crippen LogP contribution in [0.4, 0.5) is 5.69 Å². The van der Waals surface area contributed by atoms with Crippen molar-refractivity contribution in [3.8, 4) is 0 Å². The van der Waals surface area contributed by atoms with Crippen LogP contribution in [-0.2, 0) is 0 Å². The minimum absolute atomic E-state index is 0.0841. The van der Waals surface area contributed by atoms with Gasteiger partial charge in [-0.05, 0) is 32.3 Å². The van der Waals surface area contributed by atoms with Gasteiger partial charge in [-0.25, -0.2) is 4.98 Å². The molecule has 1 aliphatic carbocycles. The summed E-state index contributed by atoms with van der Waals surface area (Å²) in [6.07, 6.45) is 4.58. The van der Waals surface area contributed by atoms with Crippen molar-refractivity contribution in [2.45, 2.75) is 31.7 Å². The van der Waals surface area contributed by atoms with Crippen LogP contribution >= 0.6 is 11.6 Å². The van der Waals surface area contributed by atoms with Crippen molar-refractivity contribution in [1.29, 1.82) is 0 Å². The van der Waals surface area contributed by atoms with E-state index in [4.69, 9.17) is 17.3 Å². The van der Waals surface area contributed by atoms with E-state index in [1.165, 1.54) is 12.3 Å². The fraction of sp³-hybridized carbons (Fsp3) is 0.455. The molecule has 86 valence electrons. The van der Waals surface area contributed by atoms with Gasteiger partial charge in [-0.1, -0.05) is 11.6 Å². The maximum absolute atomic E-state index is 11.9. The molecular weight excluding hydrogens is 226 g/mol. The number of aromatic nitrogens is 1. The van der Waals surface area contributed by atoms with Crippen LogP contribution in [0.1, 0.15) is 36.5 Å². The quantitative estimate of drug-likeness (QED) is 0.776. The Balaban J connectivity index is 2.17. The first kappa shape index (κ1) is 11.2. The third kappa shape index (κ3) is 2.11. The predicted octanol–water partition coefficient (Wildman–Crippen LogP) is 1.99. The van der Waals surface area contributed by atoms with Crippen LogP contribution in [0.25, 0.3) is 0 Å². The van der Waals surface area contributed by atoms with Crippen LogP contribution in [0.15, 0.2) is 12.3 Å². The number of nitrogens with zero attached hydrogens (tertiary/aromatic N) is 1. The molecule has 16 heavy (non-hydrogen) atoms. The van der Waals surface area contributed by atoms with Crippen molar-refractivity contribution >= 4 is 23.2 Å². The molecule has 0 atom stereocenters. The highest BCUT2D eigenvalue weighted by atomic mass is 35.5. The second-order valence-electron chi connectivity index (χ2n) is 4.46. The number of halogens is 1. The molecule has 1 fully saturated rings. The Kier molecular flexibility index (Phi) is 2.76. The second kappa shape index (κ2) is 3.94. The topological polar surface area (TPSA) is 68.0 Å². The number of pyridine rings is 1. The van der Waals surface area contributed by atoms with Crippen molar-refractivity contribution in [2.24, 2.45) is 0 Å². The average Bonchev–Trinajstić information content (AvgIpc) is 2.19. The molecule has 0 aromatic carbocycles. The molecule has 2 rings (SSSR count). The molecule has 1 heterocycles. The van der Waals surface area contributed by atoms with E-state index in [1.54, 1.807) is 0 Å². The van der Waals surface area contributed by atoms with Gasteiger partial charge in [0.2, 0.25) is 0 Å². The molecule has 0 radical (unpaired) electrons. The van der Waals surface area contributed by atoms with Crippen LogP contribution < -0.4 is 11.1 Å². The molecule has 0 aliphatic heterocycles. The lowest BCUT2D eigenvalue weighted by Crippen LogP contribution is -2.51. The second-order valence-corrected chi connectivity index (χ2v) is 4.85. The normalized spacial score (nSPS) is 17.6. The number of hydrogen-bond acceptors (Lipinski definition) is 3. The third-order valence-electron chi connectivity index (χ3n) is 3.02. The number of nitrogens with two attached hydrogens (primary N) is 1. The molecule has 0 unspecified atom stereocenters. The molecular formula is C11H14ClN3O. The van der Waals surface area contributed by atoms with Crippen LogP contribution in [0.5, 0.6) is 0 Å². The highest BCUT2D eigenvalue weighted by Crippen LogP contribution is 2.31. The molecule has 0 bridgehead atoms. The monoisotopic (exact) mass is 239 g/mol. The zero-order valence-corrected chi connectivity index (χ0v) is 9.84. The molecule has 5 heteroatoms. The smallest absolute Gasteiger partial charge is 0.253 e. The summed E-state index contributed by atoms with van der Waals surface area (Å²) in [5.74, 6) is -0.177. The molecule has 1 aliphatic rings.